The van der Waals surface area contributed by atoms with Crippen LogP contribution in [0.2, 0.25) is 0 Å². The zero-order valence-corrected chi connectivity index (χ0v) is 17.1. The molecule has 0 aliphatic carbocycles. The molecule has 0 saturated heterocycles. The van der Waals surface area contributed by atoms with E-state index in [0.717, 1.165) is 30.9 Å². The molecule has 1 aliphatic rings. The van der Waals surface area contributed by atoms with Gasteiger partial charge in [0.2, 0.25) is 0 Å². The standard InChI is InChI=1S/C16H26N3O4PS/c1-11(2)10-19-9-8-13(18-25(22)16(3,4)5)12-6-7-14(17-15(12)19)23-24(20)21/h6-7,11,13,18H,8-10H2,1-5H3/p+1. The Morgan fingerprint density at radius 1 is 1.52 bits per heavy atom. The summed E-state index contributed by atoms with van der Waals surface area (Å²) in [5, 5.41) is 0. The molecule has 140 valence electrons. The van der Waals surface area contributed by atoms with Crippen molar-refractivity contribution >= 4 is 25.4 Å². The van der Waals surface area contributed by atoms with Crippen LogP contribution in [0.4, 0.5) is 5.82 Å². The third kappa shape index (κ3) is 5.53. The van der Waals surface area contributed by atoms with Gasteiger partial charge in [-0.15, -0.1) is 9.62 Å². The summed E-state index contributed by atoms with van der Waals surface area (Å²) in [6.45, 7) is 11.6. The Kier molecular flexibility index (Phi) is 6.68. The zero-order chi connectivity index (χ0) is 18.8. The van der Waals surface area contributed by atoms with Gasteiger partial charge in [-0.05, 0) is 39.2 Å². The number of nitrogens with zero attached hydrogens (tertiary/aromatic N) is 2. The van der Waals surface area contributed by atoms with Crippen molar-refractivity contribution in [1.29, 1.82) is 0 Å². The van der Waals surface area contributed by atoms with Crippen LogP contribution < -0.4 is 14.1 Å². The molecule has 1 aromatic rings. The molecule has 1 aromatic heterocycles. The zero-order valence-electron chi connectivity index (χ0n) is 15.4. The third-order valence-electron chi connectivity index (χ3n) is 3.81. The molecular formula is C16H27N3O4PS+. The van der Waals surface area contributed by atoms with Gasteiger partial charge in [-0.25, -0.2) is 4.52 Å². The van der Waals surface area contributed by atoms with Gasteiger partial charge in [0, 0.05) is 40.6 Å². The number of nitrogens with one attached hydrogen (secondary N) is 1. The van der Waals surface area contributed by atoms with E-state index in [-0.39, 0.29) is 16.7 Å². The van der Waals surface area contributed by atoms with E-state index < -0.39 is 19.6 Å². The Morgan fingerprint density at radius 3 is 2.76 bits per heavy atom. The van der Waals surface area contributed by atoms with E-state index in [0.29, 0.717) is 5.92 Å². The predicted octanol–water partition coefficient (Wildman–Crippen LogP) is 3.07. The van der Waals surface area contributed by atoms with Gasteiger partial charge in [0.05, 0.1) is 6.04 Å². The van der Waals surface area contributed by atoms with Crippen molar-refractivity contribution in [2.75, 3.05) is 18.0 Å². The second kappa shape index (κ2) is 8.18. The average molecular weight is 388 g/mol. The molecule has 1 aliphatic heterocycles. The van der Waals surface area contributed by atoms with Crippen LogP contribution in [0.25, 0.3) is 0 Å². The van der Waals surface area contributed by atoms with Gasteiger partial charge in [-0.1, -0.05) is 13.8 Å². The normalized spacial score (nSPS) is 19.6. The molecule has 0 fully saturated rings. The first-order valence-electron chi connectivity index (χ1n) is 8.36. The van der Waals surface area contributed by atoms with Gasteiger partial charge in [0.15, 0.2) is 0 Å². The van der Waals surface area contributed by atoms with E-state index in [2.05, 4.69) is 28.5 Å². The van der Waals surface area contributed by atoms with Gasteiger partial charge in [0.1, 0.15) is 10.6 Å². The summed E-state index contributed by atoms with van der Waals surface area (Å²) in [4.78, 5) is 15.5. The number of rotatable bonds is 6. The second-order valence-electron chi connectivity index (χ2n) is 7.57. The van der Waals surface area contributed by atoms with E-state index in [1.54, 1.807) is 6.07 Å². The number of hydrogen-bond donors (Lipinski definition) is 2. The molecule has 7 nitrogen and oxygen atoms in total. The number of pyridine rings is 1. The Labute approximate surface area is 153 Å². The fourth-order valence-corrected chi connectivity index (χ4v) is 3.81. The second-order valence-corrected chi connectivity index (χ2v) is 10.2. The SMILES string of the molecule is CC(C)CN1CCC(N[S+]([O-])C(C)(C)C)c2ccc(O[P+](=O)O)nc21. The molecule has 0 spiro atoms. The van der Waals surface area contributed by atoms with Gasteiger partial charge in [0.25, 0.3) is 5.88 Å². The van der Waals surface area contributed by atoms with Crippen LogP contribution in [0.5, 0.6) is 5.88 Å². The Balaban J connectivity index is 2.32. The quantitative estimate of drug-likeness (QED) is 0.571. The molecule has 2 heterocycles. The van der Waals surface area contributed by atoms with Crippen LogP contribution in [0.3, 0.4) is 0 Å². The van der Waals surface area contributed by atoms with Crippen molar-refractivity contribution in [1.82, 2.24) is 9.71 Å². The lowest BCUT2D eigenvalue weighted by Gasteiger charge is -2.36. The molecule has 0 saturated carbocycles. The summed E-state index contributed by atoms with van der Waals surface area (Å²) in [6.07, 6.45) is 0.817. The van der Waals surface area contributed by atoms with Crippen molar-refractivity contribution in [3.05, 3.63) is 17.7 Å². The number of aromatic nitrogens is 1. The lowest BCUT2D eigenvalue weighted by molar-refractivity contribution is 0.403. The van der Waals surface area contributed by atoms with Gasteiger partial charge >= 0.3 is 8.25 Å². The van der Waals surface area contributed by atoms with Crippen LogP contribution in [0, 0.1) is 5.92 Å². The monoisotopic (exact) mass is 388 g/mol. The number of fused-ring (bicyclic) bond motifs is 1. The van der Waals surface area contributed by atoms with E-state index in [4.69, 9.17) is 9.42 Å². The predicted molar refractivity (Wildman–Crippen MR) is 100 cm³/mol. The summed E-state index contributed by atoms with van der Waals surface area (Å²) in [5.74, 6) is 1.29. The maximum Gasteiger partial charge on any atom is 0.749 e. The molecule has 0 aromatic carbocycles. The van der Waals surface area contributed by atoms with Gasteiger partial charge < -0.3 is 9.45 Å². The molecule has 3 unspecified atom stereocenters. The van der Waals surface area contributed by atoms with E-state index in [1.807, 2.05) is 26.8 Å². The Hall–Kier alpha value is -0.920. The summed E-state index contributed by atoms with van der Waals surface area (Å²) >= 11 is -1.19. The largest absolute Gasteiger partial charge is 0.749 e. The third-order valence-corrected chi connectivity index (χ3v) is 5.76. The van der Waals surface area contributed by atoms with Crippen LogP contribution in [0.1, 0.15) is 52.6 Å². The topological polar surface area (TPSA) is 97.8 Å². The summed E-state index contributed by atoms with van der Waals surface area (Å²) in [5.41, 5.74) is 0.935. The van der Waals surface area contributed by atoms with Crippen molar-refractivity contribution in [3.8, 4) is 5.88 Å². The van der Waals surface area contributed by atoms with Gasteiger partial charge in [-0.3, -0.25) is 0 Å². The average Bonchev–Trinajstić information content (AvgIpc) is 2.47. The highest BCUT2D eigenvalue weighted by Crippen LogP contribution is 2.36. The molecule has 3 atom stereocenters. The fraction of sp³-hybridized carbons (Fsp3) is 0.688. The Bertz CT molecular complexity index is 624. The molecule has 25 heavy (non-hydrogen) atoms. The summed E-state index contributed by atoms with van der Waals surface area (Å²) < 4.78 is 31.1. The van der Waals surface area contributed by atoms with E-state index >= 15 is 0 Å². The van der Waals surface area contributed by atoms with Gasteiger partial charge in [-0.2, -0.15) is 4.98 Å². The van der Waals surface area contributed by atoms with E-state index in [1.165, 1.54) is 0 Å². The molecule has 0 amide bonds. The molecule has 9 heteroatoms. The molecule has 2 N–H and O–H groups in total. The fourth-order valence-electron chi connectivity index (χ4n) is 2.69. The first kappa shape index (κ1) is 20.4. The van der Waals surface area contributed by atoms with E-state index in [9.17, 15) is 9.12 Å². The lowest BCUT2D eigenvalue weighted by Crippen LogP contribution is -2.45. The number of anilines is 1. The molecular weight excluding hydrogens is 361 g/mol. The number of hydrogen-bond acceptors (Lipinski definition) is 6. The molecule has 2 rings (SSSR count). The highest BCUT2D eigenvalue weighted by Gasteiger charge is 2.34. The van der Waals surface area contributed by atoms with Crippen molar-refractivity contribution in [3.63, 3.8) is 0 Å². The summed E-state index contributed by atoms with van der Waals surface area (Å²) in [7, 11) is -2.76. The highest BCUT2D eigenvalue weighted by molar-refractivity contribution is 7.90. The molecule has 0 bridgehead atoms. The first-order valence-corrected chi connectivity index (χ1v) is 10.6. The smallest absolute Gasteiger partial charge is 0.598 e. The van der Waals surface area contributed by atoms with Crippen LogP contribution in [-0.4, -0.2) is 32.3 Å². The van der Waals surface area contributed by atoms with Crippen molar-refractivity contribution < 1.29 is 18.5 Å². The first-order chi connectivity index (χ1) is 11.6. The minimum atomic E-state index is -2.76. The molecule has 0 radical (unpaired) electrons. The van der Waals surface area contributed by atoms with Crippen LogP contribution >= 0.6 is 8.25 Å². The van der Waals surface area contributed by atoms with Crippen LogP contribution in [0.15, 0.2) is 12.1 Å². The maximum atomic E-state index is 12.5. The minimum Gasteiger partial charge on any atom is -0.598 e. The van der Waals surface area contributed by atoms with Crippen LogP contribution in [-0.2, 0) is 15.9 Å². The summed E-state index contributed by atoms with van der Waals surface area (Å²) in [6, 6.07) is 3.33. The van der Waals surface area contributed by atoms with Crippen molar-refractivity contribution in [2.45, 2.75) is 51.8 Å². The highest BCUT2D eigenvalue weighted by atomic mass is 32.2. The Morgan fingerprint density at radius 2 is 2.20 bits per heavy atom. The minimum absolute atomic E-state index is 0.0806. The van der Waals surface area contributed by atoms with Crippen molar-refractivity contribution in [2.24, 2.45) is 5.92 Å². The maximum absolute atomic E-state index is 12.5. The lowest BCUT2D eigenvalue weighted by atomic mass is 9.99.